The second-order valence-corrected chi connectivity index (χ2v) is 4.96. The maximum atomic E-state index is 11.7. The van der Waals surface area contributed by atoms with Crippen LogP contribution in [0.3, 0.4) is 0 Å². The van der Waals surface area contributed by atoms with E-state index in [1.165, 1.54) is 0 Å². The number of rotatable bonds is 4. The zero-order valence-electron chi connectivity index (χ0n) is 10.7. The van der Waals surface area contributed by atoms with Crippen LogP contribution in [-0.4, -0.2) is 17.5 Å². The minimum atomic E-state index is -0.289. The molecule has 1 aromatic heterocycles. The fourth-order valence-electron chi connectivity index (χ4n) is 1.64. The number of hydrogen-bond acceptors (Lipinski definition) is 3. The number of anilines is 1. The molecule has 1 aromatic carbocycles. The lowest BCUT2D eigenvalue weighted by Gasteiger charge is -2.11. The van der Waals surface area contributed by atoms with E-state index < -0.39 is 0 Å². The first-order chi connectivity index (χ1) is 9.56. The Morgan fingerprint density at radius 1 is 1.40 bits per heavy atom. The van der Waals surface area contributed by atoms with Gasteiger partial charge in [-0.15, -0.1) is 0 Å². The van der Waals surface area contributed by atoms with Crippen LogP contribution < -0.4 is 10.1 Å². The first kappa shape index (κ1) is 14.6. The smallest absolute Gasteiger partial charge is 0.262 e. The van der Waals surface area contributed by atoms with Crippen LogP contribution in [-0.2, 0) is 4.79 Å². The molecule has 0 radical (unpaired) electrons. The summed E-state index contributed by atoms with van der Waals surface area (Å²) < 4.78 is 5.43. The molecule has 104 valence electrons. The SMILES string of the molecule is Cc1cc(Cl)cc(Cl)c1OCC(=O)Nc1cccnc1. The molecule has 0 aliphatic heterocycles. The second-order valence-electron chi connectivity index (χ2n) is 4.11. The van der Waals surface area contributed by atoms with Crippen LogP contribution in [0.4, 0.5) is 5.69 Å². The highest BCUT2D eigenvalue weighted by molar-refractivity contribution is 6.35. The molecular formula is C14H12Cl2N2O2. The van der Waals surface area contributed by atoms with Crippen molar-refractivity contribution in [3.05, 3.63) is 52.3 Å². The average Bonchev–Trinajstić information content (AvgIpc) is 2.38. The molecule has 2 rings (SSSR count). The van der Waals surface area contributed by atoms with Gasteiger partial charge in [0.1, 0.15) is 5.75 Å². The molecule has 2 aromatic rings. The van der Waals surface area contributed by atoms with Crippen LogP contribution >= 0.6 is 23.2 Å². The molecule has 4 nitrogen and oxygen atoms in total. The highest BCUT2D eigenvalue weighted by Crippen LogP contribution is 2.31. The summed E-state index contributed by atoms with van der Waals surface area (Å²) in [5.74, 6) is 0.167. The molecule has 0 saturated carbocycles. The fourth-order valence-corrected chi connectivity index (χ4v) is 2.29. The number of carbonyl (C=O) groups excluding carboxylic acids is 1. The van der Waals surface area contributed by atoms with Gasteiger partial charge < -0.3 is 10.1 Å². The Hall–Kier alpha value is -1.78. The monoisotopic (exact) mass is 310 g/mol. The van der Waals surface area contributed by atoms with Gasteiger partial charge in [-0.1, -0.05) is 23.2 Å². The molecule has 0 bridgehead atoms. The van der Waals surface area contributed by atoms with E-state index in [2.05, 4.69) is 10.3 Å². The largest absolute Gasteiger partial charge is 0.482 e. The third-order valence-electron chi connectivity index (χ3n) is 2.49. The summed E-state index contributed by atoms with van der Waals surface area (Å²) in [6.07, 6.45) is 3.18. The van der Waals surface area contributed by atoms with E-state index in [1.807, 2.05) is 6.92 Å². The summed E-state index contributed by atoms with van der Waals surface area (Å²) in [6, 6.07) is 6.77. The van der Waals surface area contributed by atoms with E-state index in [0.29, 0.717) is 21.5 Å². The summed E-state index contributed by atoms with van der Waals surface area (Å²) in [4.78, 5) is 15.6. The Balaban J connectivity index is 1.97. The van der Waals surface area contributed by atoms with Crippen LogP contribution in [0, 0.1) is 6.92 Å². The van der Waals surface area contributed by atoms with E-state index in [0.717, 1.165) is 5.56 Å². The molecule has 1 N–H and O–H groups in total. The number of nitrogens with one attached hydrogen (secondary N) is 1. The third kappa shape index (κ3) is 3.85. The Bertz CT molecular complexity index is 595. The fraction of sp³-hybridized carbons (Fsp3) is 0.143. The highest BCUT2D eigenvalue weighted by atomic mass is 35.5. The molecule has 0 spiro atoms. The van der Waals surface area contributed by atoms with Gasteiger partial charge in [0.05, 0.1) is 16.9 Å². The Labute approximate surface area is 126 Å². The number of hydrogen-bond donors (Lipinski definition) is 1. The third-order valence-corrected chi connectivity index (χ3v) is 2.99. The van der Waals surface area contributed by atoms with Gasteiger partial charge in [0.25, 0.3) is 5.91 Å². The van der Waals surface area contributed by atoms with Gasteiger partial charge in [-0.05, 0) is 36.8 Å². The Kier molecular flexibility index (Phi) is 4.82. The molecular weight excluding hydrogens is 299 g/mol. The molecule has 0 unspecified atom stereocenters. The topological polar surface area (TPSA) is 51.2 Å². The van der Waals surface area contributed by atoms with Crippen molar-refractivity contribution in [3.8, 4) is 5.75 Å². The van der Waals surface area contributed by atoms with Crippen molar-refractivity contribution in [1.82, 2.24) is 4.98 Å². The van der Waals surface area contributed by atoms with Crippen molar-refractivity contribution in [2.75, 3.05) is 11.9 Å². The van der Waals surface area contributed by atoms with E-state index in [4.69, 9.17) is 27.9 Å². The molecule has 0 aliphatic carbocycles. The Morgan fingerprint density at radius 3 is 2.85 bits per heavy atom. The molecule has 20 heavy (non-hydrogen) atoms. The van der Waals surface area contributed by atoms with E-state index >= 15 is 0 Å². The van der Waals surface area contributed by atoms with Crippen LogP contribution in [0.25, 0.3) is 0 Å². The normalized spacial score (nSPS) is 10.2. The summed E-state index contributed by atoms with van der Waals surface area (Å²) in [5.41, 5.74) is 1.39. The quantitative estimate of drug-likeness (QED) is 0.936. The first-order valence-corrected chi connectivity index (χ1v) is 6.60. The number of benzene rings is 1. The van der Waals surface area contributed by atoms with Gasteiger partial charge in [0.15, 0.2) is 6.61 Å². The predicted octanol–water partition coefficient (Wildman–Crippen LogP) is 3.71. The van der Waals surface area contributed by atoms with E-state index in [9.17, 15) is 4.79 Å². The van der Waals surface area contributed by atoms with E-state index in [1.54, 1.807) is 36.7 Å². The van der Waals surface area contributed by atoms with Gasteiger partial charge in [0, 0.05) is 11.2 Å². The van der Waals surface area contributed by atoms with Gasteiger partial charge in [-0.25, -0.2) is 0 Å². The predicted molar refractivity (Wildman–Crippen MR) is 79.6 cm³/mol. The number of pyridine rings is 1. The standard InChI is InChI=1S/C14H12Cl2N2O2/c1-9-5-10(15)6-12(16)14(9)20-8-13(19)18-11-3-2-4-17-7-11/h2-7H,8H2,1H3,(H,18,19). The van der Waals surface area contributed by atoms with Gasteiger partial charge >= 0.3 is 0 Å². The minimum absolute atomic E-state index is 0.142. The van der Waals surface area contributed by atoms with Crippen LogP contribution in [0.5, 0.6) is 5.75 Å². The second kappa shape index (κ2) is 6.59. The van der Waals surface area contributed by atoms with Crippen LogP contribution in [0.2, 0.25) is 10.0 Å². The number of aromatic nitrogens is 1. The number of aryl methyl sites for hydroxylation is 1. The summed E-state index contributed by atoms with van der Waals surface area (Å²) in [6.45, 7) is 1.67. The average molecular weight is 311 g/mol. The molecule has 0 atom stereocenters. The zero-order chi connectivity index (χ0) is 14.5. The molecule has 6 heteroatoms. The van der Waals surface area contributed by atoms with Crippen molar-refractivity contribution in [3.63, 3.8) is 0 Å². The number of carbonyl (C=O) groups is 1. The van der Waals surface area contributed by atoms with Crippen LogP contribution in [0.15, 0.2) is 36.7 Å². The van der Waals surface area contributed by atoms with Crippen LogP contribution in [0.1, 0.15) is 5.56 Å². The van der Waals surface area contributed by atoms with Crippen molar-refractivity contribution in [2.24, 2.45) is 0 Å². The molecule has 0 aliphatic rings. The lowest BCUT2D eigenvalue weighted by molar-refractivity contribution is -0.118. The molecule has 0 fully saturated rings. The van der Waals surface area contributed by atoms with Crippen molar-refractivity contribution in [1.29, 1.82) is 0 Å². The molecule has 0 saturated heterocycles. The maximum absolute atomic E-state index is 11.7. The Morgan fingerprint density at radius 2 is 2.20 bits per heavy atom. The number of amides is 1. The minimum Gasteiger partial charge on any atom is -0.482 e. The number of nitrogens with zero attached hydrogens (tertiary/aromatic N) is 1. The van der Waals surface area contributed by atoms with E-state index in [-0.39, 0.29) is 12.5 Å². The summed E-state index contributed by atoms with van der Waals surface area (Å²) >= 11 is 11.9. The highest BCUT2D eigenvalue weighted by Gasteiger charge is 2.10. The molecule has 1 amide bonds. The van der Waals surface area contributed by atoms with Crippen molar-refractivity contribution >= 4 is 34.8 Å². The maximum Gasteiger partial charge on any atom is 0.262 e. The summed E-state index contributed by atoms with van der Waals surface area (Å²) in [7, 11) is 0. The lowest BCUT2D eigenvalue weighted by Crippen LogP contribution is -2.20. The van der Waals surface area contributed by atoms with Gasteiger partial charge in [-0.2, -0.15) is 0 Å². The molecule has 1 heterocycles. The first-order valence-electron chi connectivity index (χ1n) is 5.84. The zero-order valence-corrected chi connectivity index (χ0v) is 12.2. The lowest BCUT2D eigenvalue weighted by atomic mass is 10.2. The van der Waals surface area contributed by atoms with Gasteiger partial charge in [-0.3, -0.25) is 9.78 Å². The summed E-state index contributed by atoms with van der Waals surface area (Å²) in [5, 5.41) is 3.57. The number of ether oxygens (including phenoxy) is 1. The van der Waals surface area contributed by atoms with Gasteiger partial charge in [0.2, 0.25) is 0 Å². The number of halogens is 2. The van der Waals surface area contributed by atoms with Crippen molar-refractivity contribution < 1.29 is 9.53 Å². The van der Waals surface area contributed by atoms with Crippen molar-refractivity contribution in [2.45, 2.75) is 6.92 Å².